The number of amides is 1. The third kappa shape index (κ3) is 45.0. The maximum atomic E-state index is 13.2. The maximum Gasteiger partial charge on any atom is 0.306 e. The monoisotopic (exact) mass is 862 g/mol. The molecule has 0 aromatic heterocycles. The van der Waals surface area contributed by atoms with Crippen molar-refractivity contribution < 1.29 is 24.5 Å². The second-order valence-corrected chi connectivity index (χ2v) is 19.0. The zero-order chi connectivity index (χ0) is 44.5. The number of hydrogen-bond acceptors (Lipinski definition) is 5. The van der Waals surface area contributed by atoms with Gasteiger partial charge in [0, 0.05) is 6.42 Å². The third-order valence-corrected chi connectivity index (χ3v) is 12.8. The Hall–Kier alpha value is -1.40. The molecule has 0 spiro atoms. The van der Waals surface area contributed by atoms with E-state index in [1.54, 1.807) is 0 Å². The molecule has 362 valence electrons. The Morgan fingerprint density at radius 1 is 0.459 bits per heavy atom. The second kappa shape index (κ2) is 49.6. The minimum atomic E-state index is -0.785. The van der Waals surface area contributed by atoms with Crippen molar-refractivity contribution in [3.05, 3.63) is 12.2 Å². The molecule has 3 unspecified atom stereocenters. The normalized spacial score (nSPS) is 13.2. The lowest BCUT2D eigenvalue weighted by molar-refractivity contribution is -0.151. The van der Waals surface area contributed by atoms with Crippen LogP contribution in [0.1, 0.15) is 303 Å². The number of esters is 1. The van der Waals surface area contributed by atoms with E-state index in [0.717, 1.165) is 64.2 Å². The van der Waals surface area contributed by atoms with Gasteiger partial charge in [0.2, 0.25) is 5.91 Å². The van der Waals surface area contributed by atoms with Gasteiger partial charge in [-0.25, -0.2) is 0 Å². The first-order valence-corrected chi connectivity index (χ1v) is 27.4. The molecule has 0 aliphatic carbocycles. The molecule has 0 radical (unpaired) electrons. The Balaban J connectivity index is 4.51. The van der Waals surface area contributed by atoms with Crippen LogP contribution in [0.2, 0.25) is 0 Å². The lowest BCUT2D eigenvalue weighted by atomic mass is 10.0. The largest absolute Gasteiger partial charge is 0.462 e. The fourth-order valence-electron chi connectivity index (χ4n) is 8.66. The van der Waals surface area contributed by atoms with Gasteiger partial charge in [0.1, 0.15) is 6.10 Å². The van der Waals surface area contributed by atoms with Crippen LogP contribution in [0.4, 0.5) is 0 Å². The van der Waals surface area contributed by atoms with Crippen LogP contribution in [0, 0.1) is 0 Å². The van der Waals surface area contributed by atoms with Crippen LogP contribution in [-0.2, 0) is 14.3 Å². The van der Waals surface area contributed by atoms with Crippen molar-refractivity contribution in [1.82, 2.24) is 5.32 Å². The SMILES string of the molecule is CCCCCCCCCCC/C=C/CCCCCC(CC(=O)NC(CO)C(O)CCCCCCCCCCC)OC(=O)CCCCCCCCCCCCCCCCCCC. The maximum absolute atomic E-state index is 13.2. The zero-order valence-electron chi connectivity index (χ0n) is 41.3. The third-order valence-electron chi connectivity index (χ3n) is 12.8. The fourth-order valence-corrected chi connectivity index (χ4v) is 8.66. The van der Waals surface area contributed by atoms with E-state index < -0.39 is 18.2 Å². The number of unbranched alkanes of at least 4 members (excludes halogenated alkanes) is 36. The molecular formula is C55H107NO5. The summed E-state index contributed by atoms with van der Waals surface area (Å²) >= 11 is 0. The number of allylic oxidation sites excluding steroid dienone is 2. The summed E-state index contributed by atoms with van der Waals surface area (Å²) in [7, 11) is 0. The van der Waals surface area contributed by atoms with E-state index in [9.17, 15) is 19.8 Å². The zero-order valence-corrected chi connectivity index (χ0v) is 41.3. The number of aliphatic hydroxyl groups is 2. The van der Waals surface area contributed by atoms with Crippen molar-refractivity contribution in [2.24, 2.45) is 0 Å². The highest BCUT2D eigenvalue weighted by molar-refractivity contribution is 5.77. The number of rotatable bonds is 50. The van der Waals surface area contributed by atoms with Gasteiger partial charge in [-0.3, -0.25) is 9.59 Å². The predicted octanol–water partition coefficient (Wildman–Crippen LogP) is 16.5. The van der Waals surface area contributed by atoms with Crippen molar-refractivity contribution in [1.29, 1.82) is 0 Å². The number of nitrogens with one attached hydrogen (secondary N) is 1. The van der Waals surface area contributed by atoms with E-state index in [2.05, 4.69) is 38.2 Å². The number of carbonyl (C=O) groups excluding carboxylic acids is 2. The summed E-state index contributed by atoms with van der Waals surface area (Å²) < 4.78 is 5.94. The Morgan fingerprint density at radius 3 is 1.18 bits per heavy atom. The highest BCUT2D eigenvalue weighted by Gasteiger charge is 2.24. The summed E-state index contributed by atoms with van der Waals surface area (Å²) in [5, 5.41) is 23.7. The molecule has 3 N–H and O–H groups in total. The molecule has 0 bridgehead atoms. The number of aliphatic hydroxyl groups excluding tert-OH is 2. The second-order valence-electron chi connectivity index (χ2n) is 19.0. The van der Waals surface area contributed by atoms with Gasteiger partial charge in [-0.2, -0.15) is 0 Å². The molecule has 0 rings (SSSR count). The molecule has 0 aromatic rings. The molecule has 0 fully saturated rings. The standard InChI is InChI=1S/C55H107NO5/c1-4-7-10-13-16-19-21-23-25-27-29-31-33-36-39-42-45-48-55(60)61-51(46-43-40-37-35-32-30-28-26-24-22-20-17-14-11-8-5-2)49-54(59)56-52(50-57)53(58)47-44-41-38-34-18-15-12-9-6-3/h30,32,51-53,57-58H,4-29,31,33-50H2,1-3H3,(H,56,59)/b32-30+. The highest BCUT2D eigenvalue weighted by Crippen LogP contribution is 2.18. The van der Waals surface area contributed by atoms with Gasteiger partial charge in [0.25, 0.3) is 0 Å². The van der Waals surface area contributed by atoms with E-state index in [4.69, 9.17) is 4.74 Å². The van der Waals surface area contributed by atoms with E-state index in [0.29, 0.717) is 19.3 Å². The first-order chi connectivity index (χ1) is 30.0. The molecule has 1 amide bonds. The lowest BCUT2D eigenvalue weighted by Crippen LogP contribution is -2.46. The van der Waals surface area contributed by atoms with Gasteiger partial charge >= 0.3 is 5.97 Å². The Morgan fingerprint density at radius 2 is 0.787 bits per heavy atom. The molecule has 0 aromatic carbocycles. The summed E-state index contributed by atoms with van der Waals surface area (Å²) in [6.45, 7) is 6.49. The van der Waals surface area contributed by atoms with Gasteiger partial charge in [0.05, 0.1) is 25.2 Å². The van der Waals surface area contributed by atoms with Gasteiger partial charge in [-0.1, -0.05) is 251 Å². The van der Waals surface area contributed by atoms with Crippen LogP contribution in [-0.4, -0.2) is 46.9 Å². The van der Waals surface area contributed by atoms with Crippen LogP contribution >= 0.6 is 0 Å². The summed E-state index contributed by atoms with van der Waals surface area (Å²) in [6.07, 6.45) is 55.7. The molecule has 0 aliphatic heterocycles. The molecule has 0 saturated carbocycles. The van der Waals surface area contributed by atoms with Crippen LogP contribution in [0.15, 0.2) is 12.2 Å². The average Bonchev–Trinajstić information content (AvgIpc) is 3.25. The van der Waals surface area contributed by atoms with Crippen LogP contribution < -0.4 is 5.32 Å². The first kappa shape index (κ1) is 59.6. The van der Waals surface area contributed by atoms with Gasteiger partial charge in [-0.15, -0.1) is 0 Å². The van der Waals surface area contributed by atoms with Crippen molar-refractivity contribution in [3.8, 4) is 0 Å². The van der Waals surface area contributed by atoms with Gasteiger partial charge in [-0.05, 0) is 51.4 Å². The van der Waals surface area contributed by atoms with E-state index in [1.807, 2.05) is 0 Å². The quantitative estimate of drug-likeness (QED) is 0.0322. The topological polar surface area (TPSA) is 95.9 Å². The van der Waals surface area contributed by atoms with Gasteiger partial charge in [0.15, 0.2) is 0 Å². The lowest BCUT2D eigenvalue weighted by Gasteiger charge is -2.24. The van der Waals surface area contributed by atoms with E-state index >= 15 is 0 Å². The summed E-state index contributed by atoms with van der Waals surface area (Å²) in [6, 6.07) is -0.699. The summed E-state index contributed by atoms with van der Waals surface area (Å²) in [5.41, 5.74) is 0. The molecule has 0 aliphatic rings. The molecule has 61 heavy (non-hydrogen) atoms. The Kier molecular flexibility index (Phi) is 48.5. The molecule has 6 nitrogen and oxygen atoms in total. The minimum Gasteiger partial charge on any atom is -0.462 e. The van der Waals surface area contributed by atoms with Gasteiger partial charge < -0.3 is 20.3 Å². The molecule has 0 saturated heterocycles. The smallest absolute Gasteiger partial charge is 0.306 e. The van der Waals surface area contributed by atoms with Crippen LogP contribution in [0.25, 0.3) is 0 Å². The van der Waals surface area contributed by atoms with Crippen molar-refractivity contribution in [2.45, 2.75) is 322 Å². The predicted molar refractivity (Wildman–Crippen MR) is 264 cm³/mol. The van der Waals surface area contributed by atoms with E-state index in [1.165, 1.54) is 193 Å². The summed E-state index contributed by atoms with van der Waals surface area (Å²) in [4.78, 5) is 26.2. The molecule has 3 atom stereocenters. The van der Waals surface area contributed by atoms with Crippen molar-refractivity contribution in [3.63, 3.8) is 0 Å². The molecule has 6 heteroatoms. The van der Waals surface area contributed by atoms with Crippen molar-refractivity contribution >= 4 is 11.9 Å². The first-order valence-electron chi connectivity index (χ1n) is 27.4. The van der Waals surface area contributed by atoms with Crippen LogP contribution in [0.5, 0.6) is 0 Å². The molecule has 0 heterocycles. The minimum absolute atomic E-state index is 0.0741. The number of hydrogen-bond donors (Lipinski definition) is 3. The van der Waals surface area contributed by atoms with E-state index in [-0.39, 0.29) is 24.9 Å². The summed E-state index contributed by atoms with van der Waals surface area (Å²) in [5.74, 6) is -0.470. The average molecular weight is 862 g/mol. The van der Waals surface area contributed by atoms with Crippen LogP contribution in [0.3, 0.4) is 0 Å². The highest BCUT2D eigenvalue weighted by atomic mass is 16.5. The Bertz CT molecular complexity index is 924. The molecular weight excluding hydrogens is 755 g/mol. The number of ether oxygens (including phenoxy) is 1. The fraction of sp³-hybridized carbons (Fsp3) is 0.927. The number of carbonyl (C=O) groups is 2. The van der Waals surface area contributed by atoms with Crippen molar-refractivity contribution in [2.75, 3.05) is 6.61 Å². The Labute approximate surface area is 380 Å².